The molecule has 1 heterocycles. The summed E-state index contributed by atoms with van der Waals surface area (Å²) < 4.78 is 27.0. The molecule has 3 rings (SSSR count). The van der Waals surface area contributed by atoms with Gasteiger partial charge in [0, 0.05) is 31.4 Å². The van der Waals surface area contributed by atoms with Crippen LogP contribution in [0.2, 0.25) is 0 Å². The molecule has 1 aliphatic heterocycles. The first-order valence-corrected chi connectivity index (χ1v) is 12.1. The molecule has 1 aliphatic rings. The van der Waals surface area contributed by atoms with Crippen LogP contribution in [0.1, 0.15) is 31.7 Å². The van der Waals surface area contributed by atoms with Crippen molar-refractivity contribution in [1.29, 1.82) is 0 Å². The first-order valence-electron chi connectivity index (χ1n) is 10.5. The molecule has 0 spiro atoms. The summed E-state index contributed by atoms with van der Waals surface area (Å²) in [6, 6.07) is 16.7. The van der Waals surface area contributed by atoms with Gasteiger partial charge in [0.2, 0.25) is 21.8 Å². The van der Waals surface area contributed by atoms with Gasteiger partial charge >= 0.3 is 0 Å². The Morgan fingerprint density at radius 1 is 1.00 bits per heavy atom. The Morgan fingerprint density at radius 2 is 1.65 bits per heavy atom. The zero-order valence-electron chi connectivity index (χ0n) is 17.7. The monoisotopic (exact) mass is 443 g/mol. The van der Waals surface area contributed by atoms with Gasteiger partial charge in [-0.05, 0) is 55.5 Å². The summed E-state index contributed by atoms with van der Waals surface area (Å²) >= 11 is 0. The van der Waals surface area contributed by atoms with Gasteiger partial charge in [-0.2, -0.15) is 0 Å². The lowest BCUT2D eigenvalue weighted by atomic mass is 9.98. The van der Waals surface area contributed by atoms with Gasteiger partial charge in [-0.3, -0.25) is 9.59 Å². The number of anilines is 2. The van der Waals surface area contributed by atoms with Gasteiger partial charge in [0.1, 0.15) is 0 Å². The summed E-state index contributed by atoms with van der Waals surface area (Å²) in [4.78, 5) is 23.8. The highest BCUT2D eigenvalue weighted by Crippen LogP contribution is 2.22. The van der Waals surface area contributed by atoms with Crippen molar-refractivity contribution < 1.29 is 18.0 Å². The highest BCUT2D eigenvalue weighted by molar-refractivity contribution is 7.89. The minimum Gasteiger partial charge on any atom is -0.326 e. The van der Waals surface area contributed by atoms with E-state index in [0.29, 0.717) is 43.6 Å². The lowest BCUT2D eigenvalue weighted by Gasteiger charge is -2.31. The molecule has 31 heavy (non-hydrogen) atoms. The van der Waals surface area contributed by atoms with Crippen LogP contribution in [0.15, 0.2) is 54.6 Å². The third-order valence-corrected chi connectivity index (χ3v) is 7.25. The lowest BCUT2D eigenvalue weighted by Crippen LogP contribution is -2.44. The van der Waals surface area contributed by atoms with Gasteiger partial charge in [-0.1, -0.05) is 30.3 Å². The van der Waals surface area contributed by atoms with Crippen LogP contribution in [-0.4, -0.2) is 43.4 Å². The quantitative estimate of drug-likeness (QED) is 0.655. The molecule has 1 saturated heterocycles. The number of aryl methyl sites for hydroxylation is 1. The summed E-state index contributed by atoms with van der Waals surface area (Å²) in [6.45, 7) is 2.10. The second-order valence-electron chi connectivity index (χ2n) is 7.85. The fourth-order valence-corrected chi connectivity index (χ4v) is 5.31. The molecule has 8 heteroatoms. The van der Waals surface area contributed by atoms with E-state index in [1.54, 1.807) is 24.3 Å². The maximum atomic E-state index is 12.8. The molecule has 2 aromatic carbocycles. The van der Waals surface area contributed by atoms with Crippen LogP contribution in [0.4, 0.5) is 11.4 Å². The van der Waals surface area contributed by atoms with Gasteiger partial charge in [-0.25, -0.2) is 12.7 Å². The molecule has 0 unspecified atom stereocenters. The zero-order valence-corrected chi connectivity index (χ0v) is 18.5. The molecule has 2 aromatic rings. The number of sulfonamides is 1. The minimum atomic E-state index is -3.40. The third kappa shape index (κ3) is 6.90. The van der Waals surface area contributed by atoms with Crippen molar-refractivity contribution in [3.63, 3.8) is 0 Å². The van der Waals surface area contributed by atoms with Crippen molar-refractivity contribution in [1.82, 2.24) is 4.31 Å². The molecule has 0 aromatic heterocycles. The smallest absolute Gasteiger partial charge is 0.228 e. The Hall–Kier alpha value is -2.71. The number of benzene rings is 2. The van der Waals surface area contributed by atoms with E-state index in [1.807, 2.05) is 30.3 Å². The zero-order chi connectivity index (χ0) is 22.3. The Kier molecular flexibility index (Phi) is 7.81. The van der Waals surface area contributed by atoms with Gasteiger partial charge < -0.3 is 10.6 Å². The number of piperidine rings is 1. The summed E-state index contributed by atoms with van der Waals surface area (Å²) in [7, 11) is -3.40. The number of carbonyl (C=O) groups is 2. The van der Waals surface area contributed by atoms with E-state index in [9.17, 15) is 18.0 Å². The number of hydrogen-bond donors (Lipinski definition) is 2. The molecule has 0 bridgehead atoms. The van der Waals surface area contributed by atoms with Crippen LogP contribution in [0.3, 0.4) is 0 Å². The van der Waals surface area contributed by atoms with E-state index >= 15 is 0 Å². The van der Waals surface area contributed by atoms with Gasteiger partial charge in [0.25, 0.3) is 0 Å². The summed E-state index contributed by atoms with van der Waals surface area (Å²) in [5.74, 6) is -0.644. The normalized spacial score (nSPS) is 17.1. The summed E-state index contributed by atoms with van der Waals surface area (Å²) in [5.41, 5.74) is 2.39. The van der Waals surface area contributed by atoms with Crippen LogP contribution < -0.4 is 10.6 Å². The third-order valence-electron chi connectivity index (χ3n) is 5.33. The molecule has 2 N–H and O–H groups in total. The predicted molar refractivity (Wildman–Crippen MR) is 122 cm³/mol. The number of rotatable bonds is 8. The van der Waals surface area contributed by atoms with Crippen LogP contribution in [0.5, 0.6) is 0 Å². The number of carbonyl (C=O) groups excluding carboxylic acids is 2. The lowest BCUT2D eigenvalue weighted by molar-refractivity contribution is -0.121. The Balaban J connectivity index is 1.52. The van der Waals surface area contributed by atoms with E-state index in [4.69, 9.17) is 0 Å². The highest BCUT2D eigenvalue weighted by atomic mass is 32.2. The summed E-state index contributed by atoms with van der Waals surface area (Å²) in [6.07, 6.45) is 2.59. The Bertz CT molecular complexity index is 991. The molecule has 0 aliphatic carbocycles. The molecule has 0 radical (unpaired) electrons. The van der Waals surface area contributed by atoms with Crippen LogP contribution in [0, 0.1) is 5.92 Å². The maximum Gasteiger partial charge on any atom is 0.228 e. The molecule has 166 valence electrons. The number of amides is 2. The SMILES string of the molecule is CC(=O)Nc1ccc(NC(=O)[C@@H]2CCCN(S(=O)(=O)CCCc3ccccc3)C2)cc1. The average Bonchev–Trinajstić information content (AvgIpc) is 2.75. The van der Waals surface area contributed by atoms with Crippen molar-refractivity contribution in [2.24, 2.45) is 5.92 Å². The average molecular weight is 444 g/mol. The molecule has 1 fully saturated rings. The minimum absolute atomic E-state index is 0.0842. The first-order chi connectivity index (χ1) is 14.8. The van der Waals surface area contributed by atoms with Crippen molar-refractivity contribution in [2.75, 3.05) is 29.5 Å². The highest BCUT2D eigenvalue weighted by Gasteiger charge is 2.32. The molecule has 7 nitrogen and oxygen atoms in total. The molecular weight excluding hydrogens is 414 g/mol. The molecule has 2 amide bonds. The number of nitrogens with zero attached hydrogens (tertiary/aromatic N) is 1. The van der Waals surface area contributed by atoms with E-state index < -0.39 is 10.0 Å². The predicted octanol–water partition coefficient (Wildman–Crippen LogP) is 3.26. The van der Waals surface area contributed by atoms with E-state index in [0.717, 1.165) is 5.56 Å². The second kappa shape index (κ2) is 10.5. The van der Waals surface area contributed by atoms with Crippen LogP contribution in [0.25, 0.3) is 0 Å². The summed E-state index contributed by atoms with van der Waals surface area (Å²) in [5, 5.41) is 5.53. The fourth-order valence-electron chi connectivity index (χ4n) is 3.73. The topological polar surface area (TPSA) is 95.6 Å². The maximum absolute atomic E-state index is 12.8. The van der Waals surface area contributed by atoms with Crippen molar-refractivity contribution in [2.45, 2.75) is 32.6 Å². The van der Waals surface area contributed by atoms with Crippen molar-refractivity contribution >= 4 is 33.2 Å². The Labute approximate surface area is 183 Å². The molecule has 1 atom stereocenters. The first kappa shape index (κ1) is 23.0. The van der Waals surface area contributed by atoms with Crippen LogP contribution in [-0.2, 0) is 26.0 Å². The van der Waals surface area contributed by atoms with Gasteiger partial charge in [0.05, 0.1) is 11.7 Å². The van der Waals surface area contributed by atoms with Gasteiger partial charge in [-0.15, -0.1) is 0 Å². The second-order valence-corrected chi connectivity index (χ2v) is 9.94. The fraction of sp³-hybridized carbons (Fsp3) is 0.391. The largest absolute Gasteiger partial charge is 0.326 e. The van der Waals surface area contributed by atoms with Crippen LogP contribution >= 0.6 is 0 Å². The van der Waals surface area contributed by atoms with Gasteiger partial charge in [0.15, 0.2) is 0 Å². The Morgan fingerprint density at radius 3 is 2.29 bits per heavy atom. The standard InChI is InChI=1S/C23H29N3O4S/c1-18(27)24-21-11-13-22(14-12-21)25-23(28)20-10-5-15-26(17-20)31(29,30)16-6-9-19-7-3-2-4-8-19/h2-4,7-8,11-14,20H,5-6,9-10,15-17H2,1H3,(H,24,27)(H,25,28)/t20-/m1/s1. The van der Waals surface area contributed by atoms with E-state index in [1.165, 1.54) is 11.2 Å². The number of nitrogens with one attached hydrogen (secondary N) is 2. The van der Waals surface area contributed by atoms with Crippen molar-refractivity contribution in [3.8, 4) is 0 Å². The number of hydrogen-bond acceptors (Lipinski definition) is 4. The van der Waals surface area contributed by atoms with E-state index in [2.05, 4.69) is 10.6 Å². The molecular formula is C23H29N3O4S. The molecule has 0 saturated carbocycles. The van der Waals surface area contributed by atoms with Crippen molar-refractivity contribution in [3.05, 3.63) is 60.2 Å². The van der Waals surface area contributed by atoms with E-state index in [-0.39, 0.29) is 30.0 Å².